The molecular weight excluding hydrogens is 681 g/mol. The quantitative estimate of drug-likeness (QED) is 0.0287. The maximum Gasteiger partial charge on any atom is 0.388 e. The number of halogens is 1. The van der Waals surface area contributed by atoms with Crippen molar-refractivity contribution in [3.05, 3.63) is 12.2 Å². The monoisotopic (exact) mass is 753 g/mol. The van der Waals surface area contributed by atoms with Crippen LogP contribution in [0.15, 0.2) is 12.2 Å². The summed E-state index contributed by atoms with van der Waals surface area (Å²) < 4.78 is 23.5. The molecule has 0 aliphatic carbocycles. The van der Waals surface area contributed by atoms with E-state index in [1.165, 1.54) is 136 Å². The van der Waals surface area contributed by atoms with Crippen LogP contribution in [0, 0.1) is 0 Å². The third kappa shape index (κ3) is 30.2. The van der Waals surface area contributed by atoms with Crippen LogP contribution in [0.3, 0.4) is 0 Å². The number of unbranched alkanes of at least 4 members (excludes halogenated alkanes) is 23. The summed E-state index contributed by atoms with van der Waals surface area (Å²) in [6.45, 7) is 1.42. The van der Waals surface area contributed by atoms with Gasteiger partial charge in [-0.1, -0.05) is 183 Å². The van der Waals surface area contributed by atoms with Crippen LogP contribution in [0.2, 0.25) is 0 Å². The average molecular weight is 755 g/mol. The molecule has 0 spiro atoms. The highest BCUT2D eigenvalue weighted by atomic mass is 79.9. The van der Waals surface area contributed by atoms with E-state index in [9.17, 15) is 14.5 Å². The first-order valence-electron chi connectivity index (χ1n) is 19.1. The largest absolute Gasteiger partial charge is 0.388 e. The molecular formula is C37H73BrNO5PS. The first-order chi connectivity index (χ1) is 22.4. The Hall–Kier alpha value is 0.150. The van der Waals surface area contributed by atoms with Crippen LogP contribution in [0.4, 0.5) is 0 Å². The number of carbonyl (C=O) groups is 1. The second-order valence-electron chi connectivity index (χ2n) is 12.9. The van der Waals surface area contributed by atoms with Crippen molar-refractivity contribution in [3.8, 4) is 0 Å². The fourth-order valence-corrected chi connectivity index (χ4v) is 8.99. The molecule has 274 valence electrons. The van der Waals surface area contributed by atoms with Gasteiger partial charge in [-0.15, -0.1) is 0 Å². The van der Waals surface area contributed by atoms with Crippen LogP contribution in [0.25, 0.3) is 0 Å². The van der Waals surface area contributed by atoms with E-state index in [4.69, 9.17) is 9.05 Å². The lowest BCUT2D eigenvalue weighted by Crippen LogP contribution is -2.44. The number of hydrogen-bond acceptors (Lipinski definition) is 6. The van der Waals surface area contributed by atoms with E-state index in [1.807, 2.05) is 6.08 Å². The molecule has 0 heterocycles. The maximum absolute atomic E-state index is 12.9. The van der Waals surface area contributed by atoms with Gasteiger partial charge in [-0.3, -0.25) is 9.32 Å². The van der Waals surface area contributed by atoms with E-state index in [-0.39, 0.29) is 18.3 Å². The zero-order valence-electron chi connectivity index (χ0n) is 30.1. The van der Waals surface area contributed by atoms with E-state index in [1.54, 1.807) is 6.08 Å². The van der Waals surface area contributed by atoms with Gasteiger partial charge in [0.05, 0.1) is 18.8 Å². The predicted octanol–water partition coefficient (Wildman–Crippen LogP) is 12.5. The van der Waals surface area contributed by atoms with Gasteiger partial charge in [0.15, 0.2) is 0 Å². The average Bonchev–Trinajstić information content (AvgIpc) is 3.06. The molecule has 1 amide bonds. The van der Waals surface area contributed by atoms with Gasteiger partial charge < -0.3 is 14.9 Å². The first kappa shape index (κ1) is 46.1. The van der Waals surface area contributed by atoms with Crippen LogP contribution in [0.1, 0.15) is 181 Å². The van der Waals surface area contributed by atoms with Crippen LogP contribution >= 0.6 is 34.1 Å². The number of amides is 1. The van der Waals surface area contributed by atoms with E-state index in [0.29, 0.717) is 11.8 Å². The van der Waals surface area contributed by atoms with Crippen molar-refractivity contribution in [1.82, 2.24) is 5.32 Å². The van der Waals surface area contributed by atoms with Gasteiger partial charge in [-0.05, 0) is 30.6 Å². The first-order valence-corrected chi connectivity index (χ1v) is 23.3. The van der Waals surface area contributed by atoms with Crippen molar-refractivity contribution < 1.29 is 23.5 Å². The zero-order valence-corrected chi connectivity index (χ0v) is 33.4. The maximum atomic E-state index is 12.9. The smallest absolute Gasteiger partial charge is 0.387 e. The van der Waals surface area contributed by atoms with Crippen LogP contribution in [-0.2, 0) is 18.4 Å². The normalized spacial score (nSPS) is 14.5. The van der Waals surface area contributed by atoms with Gasteiger partial charge in [-0.2, -0.15) is 0 Å². The van der Waals surface area contributed by atoms with Crippen molar-refractivity contribution in [3.63, 3.8) is 0 Å². The van der Waals surface area contributed by atoms with Crippen molar-refractivity contribution in [2.45, 2.75) is 193 Å². The Morgan fingerprint density at radius 1 is 0.761 bits per heavy atom. The molecule has 46 heavy (non-hydrogen) atoms. The Bertz CT molecular complexity index is 745. The van der Waals surface area contributed by atoms with E-state index < -0.39 is 18.9 Å². The minimum Gasteiger partial charge on any atom is -0.387 e. The third-order valence-corrected chi connectivity index (χ3v) is 12.8. The second kappa shape index (κ2) is 35.0. The summed E-state index contributed by atoms with van der Waals surface area (Å²) in [5.41, 5.74) is 0. The second-order valence-corrected chi connectivity index (χ2v) is 17.9. The molecule has 0 aromatic heterocycles. The highest BCUT2D eigenvalue weighted by molar-refractivity contribution is 9.09. The van der Waals surface area contributed by atoms with Crippen molar-refractivity contribution >= 4 is 40.0 Å². The van der Waals surface area contributed by atoms with Gasteiger partial charge in [0.1, 0.15) is 0 Å². The lowest BCUT2D eigenvalue weighted by Gasteiger charge is -2.24. The number of allylic oxidation sites excluding steroid dienone is 1. The van der Waals surface area contributed by atoms with Gasteiger partial charge in [0.2, 0.25) is 5.91 Å². The lowest BCUT2D eigenvalue weighted by molar-refractivity contribution is -0.122. The molecule has 0 aromatic rings. The van der Waals surface area contributed by atoms with Gasteiger partial charge in [0, 0.05) is 24.6 Å². The number of alkyl halides is 1. The predicted molar refractivity (Wildman–Crippen MR) is 205 cm³/mol. The van der Waals surface area contributed by atoms with Crippen molar-refractivity contribution in [2.75, 3.05) is 24.8 Å². The molecule has 3 atom stereocenters. The van der Waals surface area contributed by atoms with Crippen LogP contribution < -0.4 is 5.32 Å². The lowest BCUT2D eigenvalue weighted by atomic mass is 10.0. The molecule has 0 saturated carbocycles. The zero-order chi connectivity index (χ0) is 34.0. The summed E-state index contributed by atoms with van der Waals surface area (Å²) >= 11 is 4.32. The Labute approximate surface area is 297 Å². The molecule has 0 aromatic carbocycles. The topological polar surface area (TPSA) is 84.9 Å². The SMILES string of the molecule is CCCCCCCCCCCCC/C=C/[C@@H](O)[C@H](CSP(=O)(OC)OCCBr)NC(=O)CCCCCCCCCCCCCCC. The van der Waals surface area contributed by atoms with Crippen molar-refractivity contribution in [1.29, 1.82) is 0 Å². The van der Waals surface area contributed by atoms with Crippen LogP contribution in [-0.4, -0.2) is 48.0 Å². The summed E-state index contributed by atoms with van der Waals surface area (Å²) in [5.74, 6) is 0.168. The number of carbonyl (C=O) groups excluding carboxylic acids is 1. The molecule has 0 radical (unpaired) electrons. The number of nitrogens with one attached hydrogen (secondary N) is 1. The van der Waals surface area contributed by atoms with E-state index in [0.717, 1.165) is 43.5 Å². The minimum atomic E-state index is -3.36. The molecule has 0 saturated heterocycles. The Morgan fingerprint density at radius 3 is 1.63 bits per heavy atom. The number of rotatable bonds is 36. The number of aliphatic hydroxyl groups is 1. The molecule has 0 rings (SSSR count). The fraction of sp³-hybridized carbons (Fsp3) is 0.919. The third-order valence-electron chi connectivity index (χ3n) is 8.54. The summed E-state index contributed by atoms with van der Waals surface area (Å²) in [5, 5.41) is 14.5. The number of aliphatic hydroxyl groups excluding tert-OH is 1. The van der Waals surface area contributed by atoms with Gasteiger partial charge in [-0.25, -0.2) is 4.57 Å². The summed E-state index contributed by atoms with van der Waals surface area (Å²) in [6.07, 6.45) is 35.1. The molecule has 0 aliphatic rings. The van der Waals surface area contributed by atoms with E-state index in [2.05, 4.69) is 35.1 Å². The molecule has 2 N–H and O–H groups in total. The highest BCUT2D eigenvalue weighted by Gasteiger charge is 2.28. The van der Waals surface area contributed by atoms with Gasteiger partial charge >= 0.3 is 6.80 Å². The van der Waals surface area contributed by atoms with E-state index >= 15 is 0 Å². The highest BCUT2D eigenvalue weighted by Crippen LogP contribution is 2.60. The Balaban J connectivity index is 4.42. The van der Waals surface area contributed by atoms with Gasteiger partial charge in [0.25, 0.3) is 0 Å². The summed E-state index contributed by atoms with van der Waals surface area (Å²) in [4.78, 5) is 12.8. The molecule has 0 fully saturated rings. The fourth-order valence-electron chi connectivity index (χ4n) is 5.56. The van der Waals surface area contributed by atoms with Crippen LogP contribution in [0.5, 0.6) is 0 Å². The standard InChI is InChI=1S/C37H73BrNO5PS/c1-4-6-8-10-12-14-16-18-20-22-24-26-28-30-36(40)35(34-46-45(42,43-3)44-33-32-38)39-37(41)31-29-27-25-23-21-19-17-15-13-11-9-7-5-2/h28,30,35-36,40H,4-27,29,31-34H2,1-3H3,(H,39,41)/b30-28+/t35-,36+,45?/m0/s1. The Morgan fingerprint density at radius 2 is 1.20 bits per heavy atom. The molecule has 9 heteroatoms. The summed E-state index contributed by atoms with van der Waals surface area (Å²) in [7, 11) is 1.37. The molecule has 0 bridgehead atoms. The molecule has 1 unspecified atom stereocenters. The summed E-state index contributed by atoms with van der Waals surface area (Å²) in [6, 6.07) is -0.566. The Kier molecular flexibility index (Phi) is 35.1. The van der Waals surface area contributed by atoms with Crippen molar-refractivity contribution in [2.24, 2.45) is 0 Å². The molecule has 6 nitrogen and oxygen atoms in total. The molecule has 0 aliphatic heterocycles. The number of hydrogen-bond donors (Lipinski definition) is 2. The minimum absolute atomic E-state index is 0.0693.